The van der Waals surface area contributed by atoms with Crippen molar-refractivity contribution in [1.82, 2.24) is 9.97 Å². The Bertz CT molecular complexity index is 1060. The summed E-state index contributed by atoms with van der Waals surface area (Å²) in [6, 6.07) is 8.93. The van der Waals surface area contributed by atoms with Crippen molar-refractivity contribution in [3.8, 4) is 0 Å². The molecule has 1 amide bonds. The van der Waals surface area contributed by atoms with Crippen LogP contribution in [0.15, 0.2) is 54.9 Å². The molecule has 0 fully saturated rings. The quantitative estimate of drug-likeness (QED) is 0.499. The molecule has 0 spiro atoms. The number of carbonyl (C=O) groups is 1. The van der Waals surface area contributed by atoms with E-state index in [0.717, 1.165) is 18.3 Å². The van der Waals surface area contributed by atoms with Gasteiger partial charge in [-0.15, -0.1) is 0 Å². The van der Waals surface area contributed by atoms with Crippen molar-refractivity contribution in [2.24, 2.45) is 0 Å². The van der Waals surface area contributed by atoms with E-state index < -0.39 is 17.6 Å². The Morgan fingerprint density at radius 3 is 2.21 bits per heavy atom. The number of nitrogens with one attached hydrogen (secondary N) is 2. The molecule has 0 saturated carbocycles. The average Bonchev–Trinajstić information content (AvgIpc) is 2.67. The molecule has 0 aliphatic rings. The first-order valence-corrected chi connectivity index (χ1v) is 8.20. The minimum atomic E-state index is -4.54. The molecule has 1 aromatic carbocycles. The molecule has 0 aliphatic heterocycles. The molecule has 2 aromatic heterocycles. The number of anilines is 3. The number of nitrogen functional groups attached to an aromatic ring is 2. The fourth-order valence-electron chi connectivity index (χ4n) is 2.56. The van der Waals surface area contributed by atoms with E-state index in [1.807, 2.05) is 0 Å². The first kappa shape index (κ1) is 19.8. The van der Waals surface area contributed by atoms with E-state index in [-0.39, 0.29) is 28.5 Å². The summed E-state index contributed by atoms with van der Waals surface area (Å²) in [5.74, 6) is -0.764. The first-order chi connectivity index (χ1) is 13.7. The maximum atomic E-state index is 12.8. The molecule has 3 rings (SSSR count). The van der Waals surface area contributed by atoms with Crippen LogP contribution in [0.3, 0.4) is 0 Å². The molecule has 6 N–H and O–H groups in total. The van der Waals surface area contributed by atoms with E-state index >= 15 is 0 Å². The zero-order chi connectivity index (χ0) is 21.2. The molecular weight excluding hydrogens is 385 g/mol. The highest BCUT2D eigenvalue weighted by Gasteiger charge is 2.30. The molecule has 2 heterocycles. The lowest BCUT2D eigenvalue weighted by Gasteiger charge is -2.11. The average molecular weight is 400 g/mol. The number of aromatic nitrogens is 2. The SMILES string of the molecule is N=C(c1ccc(C(=O)Nc2cc(C(F)(F)F)ccn2)cc1)c1c(N)ccnc1N. The summed E-state index contributed by atoms with van der Waals surface area (Å²) in [5, 5.41) is 10.6. The molecule has 10 heteroatoms. The Hall–Kier alpha value is -3.95. The molecule has 148 valence electrons. The number of hydrogen-bond donors (Lipinski definition) is 4. The molecule has 0 atom stereocenters. The van der Waals surface area contributed by atoms with Crippen molar-refractivity contribution in [3.63, 3.8) is 0 Å². The van der Waals surface area contributed by atoms with Gasteiger partial charge in [0, 0.05) is 29.2 Å². The number of amides is 1. The number of halogens is 3. The zero-order valence-electron chi connectivity index (χ0n) is 14.8. The van der Waals surface area contributed by atoms with Crippen LogP contribution in [0.25, 0.3) is 0 Å². The van der Waals surface area contributed by atoms with E-state index in [0.29, 0.717) is 11.3 Å². The predicted molar refractivity (Wildman–Crippen MR) is 103 cm³/mol. The predicted octanol–water partition coefficient (Wildman–Crippen LogP) is 3.33. The van der Waals surface area contributed by atoms with Gasteiger partial charge in [0.2, 0.25) is 0 Å². The maximum absolute atomic E-state index is 12.8. The topological polar surface area (TPSA) is 131 Å². The molecule has 0 radical (unpaired) electrons. The Morgan fingerprint density at radius 2 is 1.59 bits per heavy atom. The van der Waals surface area contributed by atoms with Gasteiger partial charge in [0.1, 0.15) is 11.6 Å². The minimum Gasteiger partial charge on any atom is -0.398 e. The Kier molecular flexibility index (Phi) is 5.18. The van der Waals surface area contributed by atoms with Crippen LogP contribution in [-0.4, -0.2) is 21.6 Å². The third kappa shape index (κ3) is 4.32. The van der Waals surface area contributed by atoms with Gasteiger partial charge in [0.25, 0.3) is 5.91 Å². The van der Waals surface area contributed by atoms with Crippen molar-refractivity contribution < 1.29 is 18.0 Å². The number of hydrogen-bond acceptors (Lipinski definition) is 6. The number of nitrogens with two attached hydrogens (primary N) is 2. The lowest BCUT2D eigenvalue weighted by molar-refractivity contribution is -0.137. The third-order valence-corrected chi connectivity index (χ3v) is 4.03. The monoisotopic (exact) mass is 400 g/mol. The van der Waals surface area contributed by atoms with Crippen molar-refractivity contribution in [2.45, 2.75) is 6.18 Å². The number of pyridine rings is 2. The highest BCUT2D eigenvalue weighted by atomic mass is 19.4. The number of benzene rings is 1. The molecular formula is C19H15F3N6O. The fourth-order valence-corrected chi connectivity index (χ4v) is 2.56. The van der Waals surface area contributed by atoms with Crippen LogP contribution < -0.4 is 16.8 Å². The summed E-state index contributed by atoms with van der Waals surface area (Å²) >= 11 is 0. The summed E-state index contributed by atoms with van der Waals surface area (Å²) in [7, 11) is 0. The molecule has 0 unspecified atom stereocenters. The minimum absolute atomic E-state index is 0.0274. The van der Waals surface area contributed by atoms with Gasteiger partial charge in [-0.25, -0.2) is 9.97 Å². The number of rotatable bonds is 4. The second kappa shape index (κ2) is 7.58. The Balaban J connectivity index is 1.78. The van der Waals surface area contributed by atoms with Crippen LogP contribution in [0.4, 0.5) is 30.5 Å². The van der Waals surface area contributed by atoms with Gasteiger partial charge < -0.3 is 16.8 Å². The fraction of sp³-hybridized carbons (Fsp3) is 0.0526. The summed E-state index contributed by atoms with van der Waals surface area (Å²) in [5.41, 5.74) is 11.9. The summed E-state index contributed by atoms with van der Waals surface area (Å²) in [6.45, 7) is 0. The van der Waals surface area contributed by atoms with Crippen molar-refractivity contribution in [2.75, 3.05) is 16.8 Å². The van der Waals surface area contributed by atoms with Crippen LogP contribution in [-0.2, 0) is 6.18 Å². The van der Waals surface area contributed by atoms with Gasteiger partial charge >= 0.3 is 6.18 Å². The Labute approximate surface area is 163 Å². The zero-order valence-corrected chi connectivity index (χ0v) is 14.8. The molecule has 29 heavy (non-hydrogen) atoms. The molecule has 0 aliphatic carbocycles. The summed E-state index contributed by atoms with van der Waals surface area (Å²) < 4.78 is 38.3. The van der Waals surface area contributed by atoms with E-state index in [9.17, 15) is 18.0 Å². The Morgan fingerprint density at radius 1 is 0.966 bits per heavy atom. The van der Waals surface area contributed by atoms with Gasteiger partial charge in [-0.3, -0.25) is 10.2 Å². The second-order valence-electron chi connectivity index (χ2n) is 5.99. The molecule has 0 saturated heterocycles. The van der Waals surface area contributed by atoms with Gasteiger partial charge in [0.15, 0.2) is 0 Å². The largest absolute Gasteiger partial charge is 0.416 e. The first-order valence-electron chi connectivity index (χ1n) is 8.20. The van der Waals surface area contributed by atoms with E-state index in [4.69, 9.17) is 16.9 Å². The third-order valence-electron chi connectivity index (χ3n) is 4.03. The van der Waals surface area contributed by atoms with Crippen LogP contribution >= 0.6 is 0 Å². The molecule has 3 aromatic rings. The van der Waals surface area contributed by atoms with E-state index in [1.165, 1.54) is 36.5 Å². The smallest absolute Gasteiger partial charge is 0.398 e. The standard InChI is InChI=1S/C19H15F3N6O/c20-19(21,22)12-5-7-26-14(9-12)28-18(29)11-3-1-10(2-4-11)16(24)15-13(23)6-8-27-17(15)25/h1-9,24H,(H4,23,25,27)(H,26,28,29). The van der Waals surface area contributed by atoms with Crippen LogP contribution in [0.2, 0.25) is 0 Å². The second-order valence-corrected chi connectivity index (χ2v) is 5.99. The van der Waals surface area contributed by atoms with Crippen molar-refractivity contribution in [1.29, 1.82) is 5.41 Å². The number of alkyl halides is 3. The molecule has 7 nitrogen and oxygen atoms in total. The van der Waals surface area contributed by atoms with E-state index in [1.54, 1.807) is 0 Å². The normalized spacial score (nSPS) is 11.1. The van der Waals surface area contributed by atoms with Gasteiger partial charge in [-0.05, 0) is 30.3 Å². The lowest BCUT2D eigenvalue weighted by Crippen LogP contribution is -2.15. The van der Waals surface area contributed by atoms with Crippen LogP contribution in [0.1, 0.15) is 27.0 Å². The van der Waals surface area contributed by atoms with Gasteiger partial charge in [-0.2, -0.15) is 13.2 Å². The van der Waals surface area contributed by atoms with Crippen molar-refractivity contribution in [3.05, 3.63) is 77.1 Å². The van der Waals surface area contributed by atoms with Crippen LogP contribution in [0.5, 0.6) is 0 Å². The van der Waals surface area contributed by atoms with Crippen molar-refractivity contribution >= 4 is 28.9 Å². The number of carbonyl (C=O) groups excluding carboxylic acids is 1. The van der Waals surface area contributed by atoms with Gasteiger partial charge in [0.05, 0.1) is 16.8 Å². The summed E-state index contributed by atoms with van der Waals surface area (Å²) in [4.78, 5) is 19.9. The van der Waals surface area contributed by atoms with Crippen LogP contribution in [0, 0.1) is 5.41 Å². The molecule has 0 bridgehead atoms. The maximum Gasteiger partial charge on any atom is 0.416 e. The highest BCUT2D eigenvalue weighted by molar-refractivity contribution is 6.16. The number of nitrogens with zero attached hydrogens (tertiary/aromatic N) is 2. The highest BCUT2D eigenvalue weighted by Crippen LogP contribution is 2.30. The van der Waals surface area contributed by atoms with E-state index in [2.05, 4.69) is 15.3 Å². The van der Waals surface area contributed by atoms with Gasteiger partial charge in [-0.1, -0.05) is 12.1 Å². The lowest BCUT2D eigenvalue weighted by atomic mass is 10.0. The summed E-state index contributed by atoms with van der Waals surface area (Å²) in [6.07, 6.45) is -2.15.